The highest BCUT2D eigenvalue weighted by molar-refractivity contribution is 6.34. The fraction of sp³-hybridized carbons (Fsp3) is 0.154. The van der Waals surface area contributed by atoms with Gasteiger partial charge < -0.3 is 10.5 Å². The Kier molecular flexibility index (Phi) is 2.76. The molecule has 0 aliphatic heterocycles. The van der Waals surface area contributed by atoms with Crippen molar-refractivity contribution >= 4 is 45.2 Å². The topological polar surface area (TPSA) is 83.0 Å². The lowest BCUT2D eigenvalue weighted by Crippen LogP contribution is -2.03. The van der Waals surface area contributed by atoms with E-state index in [-0.39, 0.29) is 5.02 Å². The predicted molar refractivity (Wildman–Crippen MR) is 76.8 cm³/mol. The van der Waals surface area contributed by atoms with Crippen LogP contribution in [0, 0.1) is 0 Å². The van der Waals surface area contributed by atoms with Crippen LogP contribution in [0.1, 0.15) is 10.4 Å². The molecule has 0 saturated heterocycles. The maximum Gasteiger partial charge on any atom is 0.339 e. The van der Waals surface area contributed by atoms with Crippen molar-refractivity contribution < 1.29 is 9.53 Å². The van der Waals surface area contributed by atoms with E-state index in [4.69, 9.17) is 22.1 Å². The van der Waals surface area contributed by atoms with Crippen molar-refractivity contribution in [3.8, 4) is 0 Å². The van der Waals surface area contributed by atoms with Gasteiger partial charge in [0.25, 0.3) is 0 Å². The Morgan fingerprint density at radius 2 is 2.15 bits per heavy atom. The number of methoxy groups -OCH3 is 1. The summed E-state index contributed by atoms with van der Waals surface area (Å²) in [6.07, 6.45) is 1.69. The van der Waals surface area contributed by atoms with Crippen molar-refractivity contribution in [2.24, 2.45) is 7.05 Å². The maximum atomic E-state index is 11.7. The summed E-state index contributed by atoms with van der Waals surface area (Å²) in [7, 11) is 3.09. The summed E-state index contributed by atoms with van der Waals surface area (Å²) < 4.78 is 6.36. The molecule has 0 aliphatic carbocycles. The average molecular weight is 291 g/mol. The molecule has 0 saturated carbocycles. The van der Waals surface area contributed by atoms with Gasteiger partial charge in [0.15, 0.2) is 0 Å². The fourth-order valence-corrected chi connectivity index (χ4v) is 2.49. The number of ether oxygens (including phenoxy) is 1. The number of esters is 1. The summed E-state index contributed by atoms with van der Waals surface area (Å²) in [5.74, 6) is -0.125. The number of nitrogens with zero attached hydrogens (tertiary/aromatic N) is 3. The van der Waals surface area contributed by atoms with Gasteiger partial charge in [0, 0.05) is 17.8 Å². The van der Waals surface area contributed by atoms with Crippen LogP contribution in [0.4, 0.5) is 5.82 Å². The third kappa shape index (κ3) is 1.69. The highest BCUT2D eigenvalue weighted by Gasteiger charge is 2.16. The number of hydrogen-bond donors (Lipinski definition) is 1. The number of carbonyl (C=O) groups is 1. The lowest BCUT2D eigenvalue weighted by atomic mass is 10.1. The van der Waals surface area contributed by atoms with Crippen molar-refractivity contribution in [3.05, 3.63) is 28.9 Å². The van der Waals surface area contributed by atoms with E-state index >= 15 is 0 Å². The van der Waals surface area contributed by atoms with Crippen LogP contribution < -0.4 is 5.73 Å². The molecule has 2 heterocycles. The molecule has 0 bridgehead atoms. The summed E-state index contributed by atoms with van der Waals surface area (Å²) in [5.41, 5.74) is 7.56. The van der Waals surface area contributed by atoms with Crippen LogP contribution in [-0.2, 0) is 11.8 Å². The number of hydrogen-bond acceptors (Lipinski definition) is 5. The molecule has 7 heteroatoms. The van der Waals surface area contributed by atoms with Gasteiger partial charge >= 0.3 is 5.97 Å². The second-order valence-corrected chi connectivity index (χ2v) is 4.78. The zero-order valence-electron chi connectivity index (χ0n) is 10.8. The van der Waals surface area contributed by atoms with E-state index in [9.17, 15) is 4.79 Å². The second-order valence-electron chi connectivity index (χ2n) is 4.37. The molecule has 0 radical (unpaired) electrons. The molecule has 2 aromatic heterocycles. The summed E-state index contributed by atoms with van der Waals surface area (Å²) >= 11 is 6.08. The molecule has 0 spiro atoms. The molecule has 2 N–H and O–H groups in total. The first-order valence-corrected chi connectivity index (χ1v) is 6.19. The molecule has 102 valence electrons. The minimum atomic E-state index is -0.495. The van der Waals surface area contributed by atoms with E-state index in [1.165, 1.54) is 7.11 Å². The Balaban J connectivity index is 2.45. The molecule has 0 aliphatic rings. The van der Waals surface area contributed by atoms with Gasteiger partial charge in [-0.25, -0.2) is 9.78 Å². The van der Waals surface area contributed by atoms with Crippen molar-refractivity contribution in [2.75, 3.05) is 12.8 Å². The molecule has 0 unspecified atom stereocenters. The number of aryl methyl sites for hydroxylation is 1. The fourth-order valence-electron chi connectivity index (χ4n) is 2.26. The van der Waals surface area contributed by atoms with E-state index in [1.807, 2.05) is 0 Å². The first-order chi connectivity index (χ1) is 9.52. The number of benzene rings is 1. The molecule has 0 amide bonds. The van der Waals surface area contributed by atoms with Gasteiger partial charge in [0.2, 0.25) is 0 Å². The van der Waals surface area contributed by atoms with Crippen LogP contribution >= 0.6 is 11.6 Å². The molecular weight excluding hydrogens is 280 g/mol. The minimum Gasteiger partial charge on any atom is -0.465 e. The zero-order valence-corrected chi connectivity index (χ0v) is 11.6. The molecule has 1 aromatic carbocycles. The summed E-state index contributed by atoms with van der Waals surface area (Å²) in [6.45, 7) is 0. The Labute approximate surface area is 119 Å². The van der Waals surface area contributed by atoms with Gasteiger partial charge in [0.05, 0.1) is 29.4 Å². The number of anilines is 1. The number of rotatable bonds is 1. The molecule has 20 heavy (non-hydrogen) atoms. The van der Waals surface area contributed by atoms with Crippen LogP contribution in [0.15, 0.2) is 18.3 Å². The van der Waals surface area contributed by atoms with Gasteiger partial charge in [-0.1, -0.05) is 11.6 Å². The van der Waals surface area contributed by atoms with Gasteiger partial charge in [-0.3, -0.25) is 4.68 Å². The first-order valence-electron chi connectivity index (χ1n) is 5.81. The number of aromatic nitrogens is 3. The van der Waals surface area contributed by atoms with Crippen molar-refractivity contribution in [1.29, 1.82) is 0 Å². The van der Waals surface area contributed by atoms with Crippen LogP contribution in [0.3, 0.4) is 0 Å². The van der Waals surface area contributed by atoms with Crippen LogP contribution in [-0.4, -0.2) is 27.8 Å². The van der Waals surface area contributed by atoms with E-state index in [0.717, 1.165) is 16.3 Å². The minimum absolute atomic E-state index is 0.277. The van der Waals surface area contributed by atoms with E-state index < -0.39 is 5.97 Å². The standard InChI is InChI=1S/C13H11ClN4O2/c1-18-11-8(5-16-18)6-3-7(13(19)20-2)9(14)4-10(6)17-12(11)15/h3-5H,1-2H3,(H2,15,17). The van der Waals surface area contributed by atoms with Gasteiger partial charge in [-0.15, -0.1) is 0 Å². The molecule has 0 atom stereocenters. The average Bonchev–Trinajstić information content (AvgIpc) is 2.80. The number of halogens is 1. The highest BCUT2D eigenvalue weighted by atomic mass is 35.5. The highest BCUT2D eigenvalue weighted by Crippen LogP contribution is 2.31. The maximum absolute atomic E-state index is 11.7. The van der Waals surface area contributed by atoms with E-state index in [0.29, 0.717) is 16.9 Å². The lowest BCUT2D eigenvalue weighted by Gasteiger charge is -2.07. The quantitative estimate of drug-likeness (QED) is 0.694. The number of fused-ring (bicyclic) bond motifs is 3. The summed E-state index contributed by atoms with van der Waals surface area (Å²) in [4.78, 5) is 16.0. The van der Waals surface area contributed by atoms with Crippen molar-refractivity contribution in [1.82, 2.24) is 14.8 Å². The molecule has 3 aromatic rings. The lowest BCUT2D eigenvalue weighted by molar-refractivity contribution is 0.0601. The zero-order chi connectivity index (χ0) is 14.4. The normalized spacial score (nSPS) is 11.2. The largest absolute Gasteiger partial charge is 0.465 e. The molecule has 3 rings (SSSR count). The Hall–Kier alpha value is -2.34. The first kappa shape index (κ1) is 12.7. The van der Waals surface area contributed by atoms with Crippen LogP contribution in [0.2, 0.25) is 5.02 Å². The number of nitrogens with two attached hydrogens (primary N) is 1. The SMILES string of the molecule is COC(=O)c1cc2c(cc1Cl)nc(N)c1c2cnn1C. The van der Waals surface area contributed by atoms with Crippen molar-refractivity contribution in [3.63, 3.8) is 0 Å². The Morgan fingerprint density at radius 1 is 1.40 bits per heavy atom. The van der Waals surface area contributed by atoms with Crippen LogP contribution in [0.5, 0.6) is 0 Å². The van der Waals surface area contributed by atoms with Gasteiger partial charge in [-0.2, -0.15) is 5.10 Å². The van der Waals surface area contributed by atoms with Crippen molar-refractivity contribution in [2.45, 2.75) is 0 Å². The molecule has 0 fully saturated rings. The van der Waals surface area contributed by atoms with E-state index in [1.54, 1.807) is 30.1 Å². The molecule has 6 nitrogen and oxygen atoms in total. The smallest absolute Gasteiger partial charge is 0.339 e. The second kappa shape index (κ2) is 4.35. The van der Waals surface area contributed by atoms with Gasteiger partial charge in [-0.05, 0) is 12.1 Å². The Bertz CT molecular complexity index is 857. The number of pyridine rings is 1. The number of nitrogen functional groups attached to an aromatic ring is 1. The third-order valence-electron chi connectivity index (χ3n) is 3.20. The van der Waals surface area contributed by atoms with Gasteiger partial charge in [0.1, 0.15) is 11.3 Å². The van der Waals surface area contributed by atoms with E-state index in [2.05, 4.69) is 10.1 Å². The number of carbonyl (C=O) groups excluding carboxylic acids is 1. The molecular formula is C13H11ClN4O2. The summed E-state index contributed by atoms with van der Waals surface area (Å²) in [6, 6.07) is 3.26. The Morgan fingerprint density at radius 3 is 2.85 bits per heavy atom. The van der Waals surface area contributed by atoms with Crippen LogP contribution in [0.25, 0.3) is 21.8 Å². The summed E-state index contributed by atoms with van der Waals surface area (Å²) in [5, 5.41) is 6.02. The third-order valence-corrected chi connectivity index (χ3v) is 3.52. The monoisotopic (exact) mass is 290 g/mol. The predicted octanol–water partition coefficient (Wildman–Crippen LogP) is 2.14.